The molecule has 2 nitrogen and oxygen atoms in total. The molecule has 0 heterocycles. The summed E-state index contributed by atoms with van der Waals surface area (Å²) in [6.07, 6.45) is 3.45. The molecule has 0 radical (unpaired) electrons. The van der Waals surface area contributed by atoms with E-state index in [1.54, 1.807) is 0 Å². The number of fused-ring (bicyclic) bond motifs is 1. The molecule has 2 rings (SSSR count). The maximum atomic E-state index is 11.8. The lowest BCUT2D eigenvalue weighted by atomic mass is 9.58. The van der Waals surface area contributed by atoms with Gasteiger partial charge in [-0.3, -0.25) is 4.79 Å². The average Bonchev–Trinajstić information content (AvgIpc) is 2.33. The van der Waals surface area contributed by atoms with Gasteiger partial charge in [0.1, 0.15) is 5.78 Å². The fourth-order valence-electron chi connectivity index (χ4n) is 2.93. The van der Waals surface area contributed by atoms with Crippen LogP contribution in [0.3, 0.4) is 0 Å². The molecule has 1 fully saturated rings. The summed E-state index contributed by atoms with van der Waals surface area (Å²) in [4.78, 5) is 11.8. The maximum absolute atomic E-state index is 11.8. The first kappa shape index (κ1) is 11.6. The second kappa shape index (κ2) is 3.33. The summed E-state index contributed by atoms with van der Waals surface area (Å²) >= 11 is 0. The molecule has 0 spiro atoms. The summed E-state index contributed by atoms with van der Waals surface area (Å²) in [5, 5.41) is 0. The molecule has 0 unspecified atom stereocenters. The molecule has 0 amide bonds. The number of Topliss-reactive ketones (excluding diaryl/α,β-unsaturated/α-hetero) is 1. The van der Waals surface area contributed by atoms with Gasteiger partial charge in [0.15, 0.2) is 0 Å². The molecule has 1 saturated carbocycles. The third-order valence-corrected chi connectivity index (χ3v) is 4.62. The Kier molecular flexibility index (Phi) is 2.42. The van der Waals surface area contributed by atoms with E-state index in [0.717, 1.165) is 17.8 Å². The van der Waals surface area contributed by atoms with E-state index in [1.165, 1.54) is 0 Å². The van der Waals surface area contributed by atoms with Crippen LogP contribution in [0.15, 0.2) is 24.0 Å². The van der Waals surface area contributed by atoms with E-state index in [-0.39, 0.29) is 5.41 Å². The van der Waals surface area contributed by atoms with Crippen LogP contribution in [0.2, 0.25) is 19.6 Å². The standard InChI is InChI=1S/C13H20O2Si/c1-6-13-9(2)11(15-16(3,4)5)7-10(13)8-12(13)14/h6,10H,1,7-8H2,2-5H3/t10-,13+/m0/s1. The van der Waals surface area contributed by atoms with E-state index in [2.05, 4.69) is 26.2 Å². The first-order valence-corrected chi connectivity index (χ1v) is 9.28. The second-order valence-corrected chi connectivity index (χ2v) is 10.3. The second-order valence-electron chi connectivity index (χ2n) is 5.86. The van der Waals surface area contributed by atoms with E-state index in [1.807, 2.05) is 13.0 Å². The quantitative estimate of drug-likeness (QED) is 0.555. The fourth-order valence-corrected chi connectivity index (χ4v) is 3.90. The van der Waals surface area contributed by atoms with Crippen LogP contribution in [0.25, 0.3) is 0 Å². The van der Waals surface area contributed by atoms with Gasteiger partial charge in [-0.1, -0.05) is 6.08 Å². The Labute approximate surface area is 98.5 Å². The summed E-state index contributed by atoms with van der Waals surface area (Å²) in [5.41, 5.74) is 0.751. The summed E-state index contributed by atoms with van der Waals surface area (Å²) < 4.78 is 6.09. The van der Waals surface area contributed by atoms with Crippen molar-refractivity contribution >= 4 is 14.1 Å². The van der Waals surface area contributed by atoms with E-state index < -0.39 is 8.32 Å². The van der Waals surface area contributed by atoms with Crippen LogP contribution in [-0.2, 0) is 9.22 Å². The van der Waals surface area contributed by atoms with Crippen molar-refractivity contribution in [2.75, 3.05) is 0 Å². The van der Waals surface area contributed by atoms with Crippen LogP contribution < -0.4 is 0 Å². The van der Waals surface area contributed by atoms with Gasteiger partial charge in [-0.25, -0.2) is 0 Å². The van der Waals surface area contributed by atoms with Crippen molar-refractivity contribution in [3.05, 3.63) is 24.0 Å². The molecule has 0 saturated heterocycles. The first-order valence-electron chi connectivity index (χ1n) is 5.87. The molecule has 3 heteroatoms. The Morgan fingerprint density at radius 1 is 1.44 bits per heavy atom. The Bertz CT molecular complexity index is 389. The predicted molar refractivity (Wildman–Crippen MR) is 67.5 cm³/mol. The number of allylic oxidation sites excluding steroid dienone is 3. The smallest absolute Gasteiger partial charge is 0.241 e. The van der Waals surface area contributed by atoms with Crippen molar-refractivity contribution in [3.63, 3.8) is 0 Å². The summed E-state index contributed by atoms with van der Waals surface area (Å²) in [7, 11) is -1.57. The van der Waals surface area contributed by atoms with E-state index >= 15 is 0 Å². The molecule has 0 N–H and O–H groups in total. The molecular weight excluding hydrogens is 216 g/mol. The van der Waals surface area contributed by atoms with Gasteiger partial charge in [-0.2, -0.15) is 0 Å². The van der Waals surface area contributed by atoms with Crippen molar-refractivity contribution in [1.82, 2.24) is 0 Å². The van der Waals surface area contributed by atoms with Crippen molar-refractivity contribution in [3.8, 4) is 0 Å². The van der Waals surface area contributed by atoms with Gasteiger partial charge in [0.2, 0.25) is 8.32 Å². The Balaban J connectivity index is 2.32. The number of hydrogen-bond acceptors (Lipinski definition) is 2. The largest absolute Gasteiger partial charge is 0.547 e. The van der Waals surface area contributed by atoms with E-state index in [0.29, 0.717) is 18.1 Å². The molecule has 88 valence electrons. The highest BCUT2D eigenvalue weighted by Gasteiger charge is 2.58. The zero-order valence-corrected chi connectivity index (χ0v) is 11.6. The highest BCUT2D eigenvalue weighted by molar-refractivity contribution is 6.70. The van der Waals surface area contributed by atoms with Crippen LogP contribution in [0.5, 0.6) is 0 Å². The highest BCUT2D eigenvalue weighted by atomic mass is 28.4. The van der Waals surface area contributed by atoms with Crippen LogP contribution in [0.4, 0.5) is 0 Å². The minimum Gasteiger partial charge on any atom is -0.547 e. The van der Waals surface area contributed by atoms with Crippen LogP contribution >= 0.6 is 0 Å². The molecule has 0 aromatic carbocycles. The lowest BCUT2D eigenvalue weighted by Gasteiger charge is -2.41. The maximum Gasteiger partial charge on any atom is 0.241 e. The van der Waals surface area contributed by atoms with Gasteiger partial charge in [-0.15, -0.1) is 6.58 Å². The summed E-state index contributed by atoms with van der Waals surface area (Å²) in [6, 6.07) is 0. The molecule has 2 aliphatic rings. The average molecular weight is 236 g/mol. The number of carbonyl (C=O) groups is 1. The zero-order valence-electron chi connectivity index (χ0n) is 10.6. The molecule has 0 aromatic rings. The normalized spacial score (nSPS) is 33.5. The minimum absolute atomic E-state index is 0.319. The highest BCUT2D eigenvalue weighted by Crippen LogP contribution is 2.58. The molecule has 0 bridgehead atoms. The van der Waals surface area contributed by atoms with Gasteiger partial charge >= 0.3 is 0 Å². The summed E-state index contributed by atoms with van der Waals surface area (Å²) in [5.74, 6) is 1.80. The Morgan fingerprint density at radius 2 is 2.06 bits per heavy atom. The number of ketones is 1. The minimum atomic E-state index is -1.57. The Hall–Kier alpha value is -0.833. The lowest BCUT2D eigenvalue weighted by molar-refractivity contribution is -0.136. The van der Waals surface area contributed by atoms with Gasteiger partial charge in [0.25, 0.3) is 0 Å². The number of carbonyl (C=O) groups excluding carboxylic acids is 1. The number of hydrogen-bond donors (Lipinski definition) is 0. The van der Waals surface area contributed by atoms with Crippen molar-refractivity contribution in [2.45, 2.75) is 39.4 Å². The molecular formula is C13H20O2Si. The SMILES string of the molecule is C=C[C@]12C(=O)C[C@@H]1CC(O[Si](C)(C)C)=C2C. The molecule has 0 aromatic heterocycles. The predicted octanol–water partition coefficient (Wildman–Crippen LogP) is 3.28. The van der Waals surface area contributed by atoms with Gasteiger partial charge < -0.3 is 4.43 Å². The van der Waals surface area contributed by atoms with Gasteiger partial charge in [-0.05, 0) is 38.1 Å². The topological polar surface area (TPSA) is 26.3 Å². The van der Waals surface area contributed by atoms with Crippen LogP contribution in [0, 0.1) is 11.3 Å². The molecule has 2 atom stereocenters. The van der Waals surface area contributed by atoms with Gasteiger partial charge in [0.05, 0.1) is 11.2 Å². The Morgan fingerprint density at radius 3 is 2.44 bits per heavy atom. The zero-order chi connectivity index (χ0) is 12.1. The lowest BCUT2D eigenvalue weighted by Crippen LogP contribution is -2.46. The van der Waals surface area contributed by atoms with E-state index in [9.17, 15) is 4.79 Å². The monoisotopic (exact) mass is 236 g/mol. The molecule has 16 heavy (non-hydrogen) atoms. The first-order chi connectivity index (χ1) is 7.31. The third-order valence-electron chi connectivity index (χ3n) is 3.76. The number of rotatable bonds is 3. The van der Waals surface area contributed by atoms with Crippen molar-refractivity contribution in [2.24, 2.45) is 11.3 Å². The van der Waals surface area contributed by atoms with Crippen molar-refractivity contribution in [1.29, 1.82) is 0 Å². The van der Waals surface area contributed by atoms with Gasteiger partial charge in [0, 0.05) is 12.8 Å². The van der Waals surface area contributed by atoms with Crippen LogP contribution in [-0.4, -0.2) is 14.1 Å². The van der Waals surface area contributed by atoms with Crippen LogP contribution in [0.1, 0.15) is 19.8 Å². The molecule has 2 aliphatic carbocycles. The van der Waals surface area contributed by atoms with Crippen molar-refractivity contribution < 1.29 is 9.22 Å². The molecule has 0 aliphatic heterocycles. The third kappa shape index (κ3) is 1.41. The summed E-state index contributed by atoms with van der Waals surface area (Å²) in [6.45, 7) is 12.4. The van der Waals surface area contributed by atoms with E-state index in [4.69, 9.17) is 4.43 Å². The fraction of sp³-hybridized carbons (Fsp3) is 0.615.